The number of amides is 1. The fourth-order valence-electron chi connectivity index (χ4n) is 1.65. The molecule has 21 heavy (non-hydrogen) atoms. The number of carbonyl (C=O) groups is 1. The van der Waals surface area contributed by atoms with E-state index in [1.165, 1.54) is 12.1 Å². The Labute approximate surface area is 121 Å². The predicted octanol–water partition coefficient (Wildman–Crippen LogP) is 2.59. The second-order valence-corrected chi connectivity index (χ2v) is 4.43. The number of para-hydroxylation sites is 1. The van der Waals surface area contributed by atoms with Crippen LogP contribution in [0.2, 0.25) is 0 Å². The van der Waals surface area contributed by atoms with Gasteiger partial charge >= 0.3 is 6.36 Å². The van der Waals surface area contributed by atoms with E-state index in [-0.39, 0.29) is 24.6 Å². The highest BCUT2D eigenvalue weighted by atomic mass is 19.4. The molecule has 0 atom stereocenters. The molecule has 0 saturated heterocycles. The first-order valence-corrected chi connectivity index (χ1v) is 6.73. The fraction of sp³-hybridized carbons (Fsp3) is 0.500. The zero-order valence-electron chi connectivity index (χ0n) is 11.8. The quantitative estimate of drug-likeness (QED) is 0.726. The first-order valence-electron chi connectivity index (χ1n) is 6.73. The summed E-state index contributed by atoms with van der Waals surface area (Å²) in [6.07, 6.45) is -3.57. The topological polar surface area (TPSA) is 50.4 Å². The lowest BCUT2D eigenvalue weighted by Crippen LogP contribution is -2.28. The zero-order valence-corrected chi connectivity index (χ0v) is 11.8. The molecule has 4 nitrogen and oxygen atoms in total. The SMILES string of the molecule is CCCNC(=O)CCNCc1ccccc1OC(F)(F)F. The summed E-state index contributed by atoms with van der Waals surface area (Å²) in [6.45, 7) is 3.17. The van der Waals surface area contributed by atoms with E-state index >= 15 is 0 Å². The Balaban J connectivity index is 2.40. The third-order valence-corrected chi connectivity index (χ3v) is 2.61. The van der Waals surface area contributed by atoms with Gasteiger partial charge in [-0.3, -0.25) is 4.79 Å². The molecule has 0 aromatic heterocycles. The van der Waals surface area contributed by atoms with E-state index < -0.39 is 6.36 Å². The van der Waals surface area contributed by atoms with Crippen LogP contribution in [0.5, 0.6) is 5.75 Å². The highest BCUT2D eigenvalue weighted by molar-refractivity contribution is 5.75. The van der Waals surface area contributed by atoms with Gasteiger partial charge in [0.2, 0.25) is 5.91 Å². The lowest BCUT2D eigenvalue weighted by molar-refractivity contribution is -0.274. The summed E-state index contributed by atoms with van der Waals surface area (Å²) in [4.78, 5) is 11.3. The summed E-state index contributed by atoms with van der Waals surface area (Å²) >= 11 is 0. The van der Waals surface area contributed by atoms with Crippen molar-refractivity contribution in [2.75, 3.05) is 13.1 Å². The van der Waals surface area contributed by atoms with Crippen LogP contribution in [-0.2, 0) is 11.3 Å². The number of hydrogen-bond acceptors (Lipinski definition) is 3. The van der Waals surface area contributed by atoms with Gasteiger partial charge in [0.15, 0.2) is 0 Å². The van der Waals surface area contributed by atoms with E-state index in [4.69, 9.17) is 0 Å². The Morgan fingerprint density at radius 3 is 2.62 bits per heavy atom. The van der Waals surface area contributed by atoms with E-state index in [9.17, 15) is 18.0 Å². The fourth-order valence-corrected chi connectivity index (χ4v) is 1.65. The molecule has 1 rings (SSSR count). The molecule has 0 fully saturated rings. The van der Waals surface area contributed by atoms with Crippen molar-refractivity contribution in [3.63, 3.8) is 0 Å². The number of halogens is 3. The van der Waals surface area contributed by atoms with Crippen LogP contribution in [0.4, 0.5) is 13.2 Å². The highest BCUT2D eigenvalue weighted by Gasteiger charge is 2.31. The molecule has 0 spiro atoms. The lowest BCUT2D eigenvalue weighted by atomic mass is 10.2. The smallest absolute Gasteiger partial charge is 0.405 e. The van der Waals surface area contributed by atoms with Crippen molar-refractivity contribution in [3.05, 3.63) is 29.8 Å². The Hall–Kier alpha value is -1.76. The zero-order chi connectivity index (χ0) is 15.7. The first kappa shape index (κ1) is 17.3. The largest absolute Gasteiger partial charge is 0.573 e. The predicted molar refractivity (Wildman–Crippen MR) is 72.7 cm³/mol. The third kappa shape index (κ3) is 7.55. The van der Waals surface area contributed by atoms with Gasteiger partial charge in [-0.15, -0.1) is 13.2 Å². The van der Waals surface area contributed by atoms with E-state index in [0.29, 0.717) is 18.7 Å². The molecular formula is C14H19F3N2O2. The number of benzene rings is 1. The van der Waals surface area contributed by atoms with Gasteiger partial charge in [0.05, 0.1) is 0 Å². The molecule has 0 bridgehead atoms. The van der Waals surface area contributed by atoms with E-state index in [1.807, 2.05) is 6.92 Å². The normalized spacial score (nSPS) is 11.2. The molecule has 0 aliphatic heterocycles. The van der Waals surface area contributed by atoms with Gasteiger partial charge < -0.3 is 15.4 Å². The van der Waals surface area contributed by atoms with Crippen LogP contribution in [0.1, 0.15) is 25.3 Å². The van der Waals surface area contributed by atoms with E-state index in [2.05, 4.69) is 15.4 Å². The van der Waals surface area contributed by atoms with Gasteiger partial charge in [-0.05, 0) is 12.5 Å². The summed E-state index contributed by atoms with van der Waals surface area (Å²) in [5.74, 6) is -0.308. The number of alkyl halides is 3. The Kier molecular flexibility index (Phi) is 7.01. The second-order valence-electron chi connectivity index (χ2n) is 4.43. The van der Waals surface area contributed by atoms with Crippen LogP contribution >= 0.6 is 0 Å². The van der Waals surface area contributed by atoms with Crippen molar-refractivity contribution in [1.29, 1.82) is 0 Å². The maximum atomic E-state index is 12.2. The van der Waals surface area contributed by atoms with Crippen LogP contribution < -0.4 is 15.4 Å². The summed E-state index contributed by atoms with van der Waals surface area (Å²) in [5, 5.41) is 5.65. The molecule has 0 heterocycles. The van der Waals surface area contributed by atoms with Gasteiger partial charge in [-0.25, -0.2) is 0 Å². The number of carbonyl (C=O) groups excluding carboxylic acids is 1. The van der Waals surface area contributed by atoms with Crippen molar-refractivity contribution < 1.29 is 22.7 Å². The molecule has 0 unspecified atom stereocenters. The minimum Gasteiger partial charge on any atom is -0.405 e. The van der Waals surface area contributed by atoms with Crippen LogP contribution in [0.25, 0.3) is 0 Å². The summed E-state index contributed by atoms with van der Waals surface area (Å²) < 4.78 is 40.7. The molecule has 0 saturated carbocycles. The molecule has 1 aromatic carbocycles. The van der Waals surface area contributed by atoms with Crippen LogP contribution in [-0.4, -0.2) is 25.4 Å². The molecule has 0 aliphatic carbocycles. The number of rotatable bonds is 8. The summed E-state index contributed by atoms with van der Waals surface area (Å²) in [7, 11) is 0. The van der Waals surface area contributed by atoms with Gasteiger partial charge in [0.25, 0.3) is 0 Å². The molecule has 1 amide bonds. The first-order chi connectivity index (χ1) is 9.92. The highest BCUT2D eigenvalue weighted by Crippen LogP contribution is 2.25. The molecule has 2 N–H and O–H groups in total. The monoisotopic (exact) mass is 304 g/mol. The second kappa shape index (κ2) is 8.51. The molecule has 0 aliphatic rings. The van der Waals surface area contributed by atoms with Crippen molar-refractivity contribution >= 4 is 5.91 Å². The van der Waals surface area contributed by atoms with Crippen LogP contribution in [0, 0.1) is 0 Å². The Morgan fingerprint density at radius 2 is 1.95 bits per heavy atom. The van der Waals surface area contributed by atoms with Gasteiger partial charge in [0, 0.05) is 31.6 Å². The lowest BCUT2D eigenvalue weighted by Gasteiger charge is -2.13. The number of ether oxygens (including phenoxy) is 1. The average Bonchev–Trinajstić information content (AvgIpc) is 2.41. The van der Waals surface area contributed by atoms with E-state index in [1.54, 1.807) is 12.1 Å². The van der Waals surface area contributed by atoms with Crippen molar-refractivity contribution in [2.45, 2.75) is 32.7 Å². The molecule has 1 aromatic rings. The minimum atomic E-state index is -4.71. The Morgan fingerprint density at radius 1 is 1.24 bits per heavy atom. The molecule has 118 valence electrons. The van der Waals surface area contributed by atoms with Crippen molar-refractivity contribution in [3.8, 4) is 5.75 Å². The average molecular weight is 304 g/mol. The standard InChI is InChI=1S/C14H19F3N2O2/c1-2-8-19-13(20)7-9-18-10-11-5-3-4-6-12(11)21-14(15,16)17/h3-6,18H,2,7-10H2,1H3,(H,19,20). The number of nitrogens with one attached hydrogen (secondary N) is 2. The van der Waals surface area contributed by atoms with Gasteiger partial charge in [-0.1, -0.05) is 25.1 Å². The van der Waals surface area contributed by atoms with Crippen molar-refractivity contribution in [1.82, 2.24) is 10.6 Å². The maximum Gasteiger partial charge on any atom is 0.573 e. The number of hydrogen-bond donors (Lipinski definition) is 2. The minimum absolute atomic E-state index is 0.0795. The van der Waals surface area contributed by atoms with Crippen molar-refractivity contribution in [2.24, 2.45) is 0 Å². The Bertz CT molecular complexity index is 450. The molecule has 0 radical (unpaired) electrons. The molecular weight excluding hydrogens is 285 g/mol. The van der Waals surface area contributed by atoms with E-state index in [0.717, 1.165) is 6.42 Å². The molecule has 7 heteroatoms. The summed E-state index contributed by atoms with van der Waals surface area (Å²) in [5.41, 5.74) is 0.392. The van der Waals surface area contributed by atoms with Gasteiger partial charge in [0.1, 0.15) is 5.75 Å². The van der Waals surface area contributed by atoms with Crippen LogP contribution in [0.15, 0.2) is 24.3 Å². The van der Waals surface area contributed by atoms with Crippen LogP contribution in [0.3, 0.4) is 0 Å². The third-order valence-electron chi connectivity index (χ3n) is 2.61. The van der Waals surface area contributed by atoms with Gasteiger partial charge in [-0.2, -0.15) is 0 Å². The maximum absolute atomic E-state index is 12.2. The summed E-state index contributed by atoms with van der Waals surface area (Å²) in [6, 6.07) is 5.92.